The van der Waals surface area contributed by atoms with Crippen molar-refractivity contribution in [2.24, 2.45) is 63.6 Å². The third-order valence-corrected chi connectivity index (χ3v) is 20.1. The molecule has 9 heteroatoms. The second kappa shape index (κ2) is 16.7. The molecule has 0 bridgehead atoms. The van der Waals surface area contributed by atoms with Crippen LogP contribution < -0.4 is 4.90 Å². The van der Waals surface area contributed by atoms with E-state index in [9.17, 15) is 30.0 Å². The monoisotopic (exact) mass is 868 g/mol. The Morgan fingerprint density at radius 2 is 1.79 bits per heavy atom. The lowest BCUT2D eigenvalue weighted by Crippen LogP contribution is -2.62. The number of ketones is 1. The van der Waals surface area contributed by atoms with Gasteiger partial charge in [0.05, 0.1) is 30.6 Å². The molecule has 0 aromatic heterocycles. The van der Waals surface area contributed by atoms with E-state index in [2.05, 4.69) is 45.6 Å². The number of ether oxygens (including phenoxy) is 1. The number of rotatable bonds is 10. The molecule has 344 valence electrons. The summed E-state index contributed by atoms with van der Waals surface area (Å²) in [4.78, 5) is 25.9. The summed E-state index contributed by atoms with van der Waals surface area (Å²) in [6.45, 7) is 11.8. The zero-order chi connectivity index (χ0) is 44.8. The molecule has 0 heterocycles. The molecule has 1 aromatic rings. The van der Waals surface area contributed by atoms with Gasteiger partial charge in [0.25, 0.3) is 0 Å². The molecule has 4 N–H and O–H groups in total. The summed E-state index contributed by atoms with van der Waals surface area (Å²) < 4.78 is 23.0. The highest BCUT2D eigenvalue weighted by Crippen LogP contribution is 2.69. The van der Waals surface area contributed by atoms with E-state index < -0.39 is 29.2 Å². The van der Waals surface area contributed by atoms with E-state index in [0.29, 0.717) is 62.8 Å². The molecule has 0 amide bonds. The molecule has 16 atom stereocenters. The van der Waals surface area contributed by atoms with Crippen LogP contribution in [-0.4, -0.2) is 76.3 Å². The number of allylic oxidation sites excluding steroid dienone is 4. The number of aliphatic carboxylic acids is 1. The number of carboxylic acids is 1. The minimum atomic E-state index is -1.08. The predicted molar refractivity (Wildman–Crippen MR) is 242 cm³/mol. The number of hydrogen-bond donors (Lipinski definition) is 4. The fraction of sp³-hybridized carbons (Fsp3) is 0.741. The van der Waals surface area contributed by atoms with Gasteiger partial charge in [0.1, 0.15) is 11.4 Å². The molecule has 8 aliphatic carbocycles. The molecular formula is C54H74FNO7. The van der Waals surface area contributed by atoms with Gasteiger partial charge in [0.15, 0.2) is 5.78 Å². The van der Waals surface area contributed by atoms with E-state index in [1.54, 1.807) is 13.0 Å². The van der Waals surface area contributed by atoms with Crippen molar-refractivity contribution in [2.75, 3.05) is 25.1 Å². The SMILES string of the molecule is CC#C[C@]1(O)CC[C@H]2[C@@H]3CCC4=CC(=O)CCC4=C3[C@@H](c3ccc(N(C)CCO[C@H]4CC[C@@]5(C)[C@@H](C4)C[C@@H](O)[C@@H]4[C@@H]5C[C@H](O)[C@]5(C)[C@@H]([C@H](C)CCC(=O)O)CC[C@@H]45)c(F)c3)C[C@@]21C. The summed E-state index contributed by atoms with van der Waals surface area (Å²) >= 11 is 0. The number of halogens is 1. The first-order valence-corrected chi connectivity index (χ1v) is 24.8. The van der Waals surface area contributed by atoms with Gasteiger partial charge in [-0.15, -0.1) is 5.92 Å². The Hall–Kier alpha value is -3.03. The molecule has 6 fully saturated rings. The summed E-state index contributed by atoms with van der Waals surface area (Å²) in [7, 11) is 1.92. The standard InChI is InChI=1S/C54H74FNO7/c1-7-20-54(62)22-19-41-38-12-9-32-25-35(57)11-13-37(32)49(38)39(30-52(41,54)4)33-10-16-45(44(55)26-33)56(6)23-24-63-36-18-21-51(3)34(27-36)28-46(58)50-42-15-14-40(31(2)8-17-48(60)61)53(42,5)47(59)29-43(50)51/h10,16,25-26,31,34,36,38-43,46-47,50,58-59,62H,8-9,11-15,17-19,21-24,27-30H2,1-6H3,(H,60,61)/t31-,34+,36+,38+,39-,40-,41+,42+,43+,46-,47+,50+,51+,52+,53-,54+/m1/s1. The van der Waals surface area contributed by atoms with Crippen molar-refractivity contribution < 1.29 is 39.1 Å². The Balaban J connectivity index is 0.857. The maximum absolute atomic E-state index is 16.5. The highest BCUT2D eigenvalue weighted by molar-refractivity contribution is 5.93. The van der Waals surface area contributed by atoms with Gasteiger partial charge in [-0.05, 0) is 190 Å². The molecule has 63 heavy (non-hydrogen) atoms. The van der Waals surface area contributed by atoms with Crippen LogP contribution in [0.1, 0.15) is 149 Å². The van der Waals surface area contributed by atoms with Crippen LogP contribution in [0, 0.1) is 81.2 Å². The molecule has 0 unspecified atom stereocenters. The Morgan fingerprint density at radius 3 is 2.54 bits per heavy atom. The Kier molecular flexibility index (Phi) is 12.0. The Labute approximate surface area is 375 Å². The lowest BCUT2D eigenvalue weighted by molar-refractivity contribution is -0.209. The topological polar surface area (TPSA) is 128 Å². The number of likely N-dealkylation sites (N-methyl/N-ethyl adjacent to an activating group) is 1. The van der Waals surface area contributed by atoms with E-state index in [-0.39, 0.29) is 76.4 Å². The average Bonchev–Trinajstić information content (AvgIpc) is 3.73. The average molecular weight is 868 g/mol. The van der Waals surface area contributed by atoms with Crippen LogP contribution >= 0.6 is 0 Å². The van der Waals surface area contributed by atoms with Gasteiger partial charge in [0.2, 0.25) is 0 Å². The van der Waals surface area contributed by atoms with Gasteiger partial charge in [-0.2, -0.15) is 0 Å². The van der Waals surface area contributed by atoms with Crippen LogP contribution in [0.15, 0.2) is 41.0 Å². The Morgan fingerprint density at radius 1 is 1.00 bits per heavy atom. The summed E-state index contributed by atoms with van der Waals surface area (Å²) in [5.74, 6) is 7.31. The highest BCUT2D eigenvalue weighted by atomic mass is 19.1. The Bertz CT molecular complexity index is 2100. The van der Waals surface area contributed by atoms with E-state index in [4.69, 9.17) is 4.74 Å². The summed E-state index contributed by atoms with van der Waals surface area (Å²) in [6.07, 6.45) is 13.3. The van der Waals surface area contributed by atoms with Crippen molar-refractivity contribution in [1.29, 1.82) is 0 Å². The van der Waals surface area contributed by atoms with Crippen molar-refractivity contribution in [3.8, 4) is 11.8 Å². The smallest absolute Gasteiger partial charge is 0.303 e. The van der Waals surface area contributed by atoms with Crippen molar-refractivity contribution in [3.63, 3.8) is 0 Å². The van der Waals surface area contributed by atoms with E-state index in [0.717, 1.165) is 75.3 Å². The second-order valence-corrected chi connectivity index (χ2v) is 22.7. The zero-order valence-electron chi connectivity index (χ0n) is 38.8. The zero-order valence-corrected chi connectivity index (χ0v) is 38.8. The fourth-order valence-corrected chi connectivity index (χ4v) is 16.7. The number of benzene rings is 1. The fourth-order valence-electron chi connectivity index (χ4n) is 16.7. The number of nitrogens with zero attached hydrogens (tertiary/aromatic N) is 1. The number of carboxylic acid groups (broad SMARTS) is 1. The first kappa shape index (κ1) is 45.1. The van der Waals surface area contributed by atoms with Crippen LogP contribution in [0.5, 0.6) is 0 Å². The number of hydrogen-bond acceptors (Lipinski definition) is 7. The summed E-state index contributed by atoms with van der Waals surface area (Å²) in [5, 5.41) is 45.3. The third kappa shape index (κ3) is 7.30. The normalized spacial score (nSPS) is 43.2. The number of fused-ring (bicyclic) bond motifs is 9. The molecule has 0 saturated heterocycles. The number of aliphatic hydroxyl groups excluding tert-OH is 2. The largest absolute Gasteiger partial charge is 0.481 e. The lowest BCUT2D eigenvalue weighted by Gasteiger charge is -2.63. The molecule has 0 spiro atoms. The van der Waals surface area contributed by atoms with Crippen molar-refractivity contribution in [3.05, 3.63) is 52.4 Å². The molecule has 0 aliphatic heterocycles. The van der Waals surface area contributed by atoms with Crippen molar-refractivity contribution in [2.45, 2.75) is 167 Å². The van der Waals surface area contributed by atoms with E-state index in [1.165, 1.54) is 11.1 Å². The van der Waals surface area contributed by atoms with Gasteiger partial charge < -0.3 is 30.1 Å². The van der Waals surface area contributed by atoms with Crippen LogP contribution in [0.25, 0.3) is 0 Å². The molecule has 8 nitrogen and oxygen atoms in total. The minimum absolute atomic E-state index is 0.0119. The third-order valence-electron chi connectivity index (χ3n) is 20.1. The highest BCUT2D eigenvalue weighted by Gasteiger charge is 2.66. The second-order valence-electron chi connectivity index (χ2n) is 22.7. The van der Waals surface area contributed by atoms with Crippen LogP contribution in [-0.2, 0) is 14.3 Å². The van der Waals surface area contributed by atoms with Gasteiger partial charge in [-0.3, -0.25) is 9.59 Å². The van der Waals surface area contributed by atoms with Crippen LogP contribution in [0.2, 0.25) is 0 Å². The van der Waals surface area contributed by atoms with Crippen molar-refractivity contribution in [1.82, 2.24) is 0 Å². The number of carbonyl (C=O) groups is 2. The minimum Gasteiger partial charge on any atom is -0.481 e. The molecule has 0 radical (unpaired) electrons. The predicted octanol–water partition coefficient (Wildman–Crippen LogP) is 9.40. The van der Waals surface area contributed by atoms with Crippen molar-refractivity contribution >= 4 is 17.4 Å². The van der Waals surface area contributed by atoms with Crippen LogP contribution in [0.4, 0.5) is 10.1 Å². The molecular weight excluding hydrogens is 794 g/mol. The number of aliphatic hydroxyl groups is 3. The molecule has 1 aromatic carbocycles. The van der Waals surface area contributed by atoms with Crippen LogP contribution in [0.3, 0.4) is 0 Å². The number of anilines is 1. The maximum Gasteiger partial charge on any atom is 0.303 e. The summed E-state index contributed by atoms with van der Waals surface area (Å²) in [5.41, 5.74) is 3.50. The maximum atomic E-state index is 16.5. The first-order chi connectivity index (χ1) is 29.9. The van der Waals surface area contributed by atoms with Gasteiger partial charge in [-0.25, -0.2) is 4.39 Å². The van der Waals surface area contributed by atoms with E-state index >= 15 is 4.39 Å². The first-order valence-electron chi connectivity index (χ1n) is 24.8. The molecule has 6 saturated carbocycles. The van der Waals surface area contributed by atoms with Gasteiger partial charge >= 0.3 is 5.97 Å². The lowest BCUT2D eigenvalue weighted by atomic mass is 9.43. The van der Waals surface area contributed by atoms with Gasteiger partial charge in [0, 0.05) is 37.8 Å². The summed E-state index contributed by atoms with van der Waals surface area (Å²) in [6, 6.07) is 5.71. The van der Waals surface area contributed by atoms with Gasteiger partial charge in [-0.1, -0.05) is 45.3 Å². The van der Waals surface area contributed by atoms with E-state index in [1.807, 2.05) is 24.1 Å². The molecule has 8 aliphatic rings. The number of carbonyl (C=O) groups excluding carboxylic acids is 1. The molecule has 9 rings (SSSR count). The quantitative estimate of drug-likeness (QED) is 0.172.